The van der Waals surface area contributed by atoms with Crippen LogP contribution in [0.15, 0.2) is 47.4 Å². The predicted molar refractivity (Wildman–Crippen MR) is 116 cm³/mol. The van der Waals surface area contributed by atoms with Crippen molar-refractivity contribution in [2.45, 2.75) is 6.61 Å². The van der Waals surface area contributed by atoms with E-state index in [0.717, 1.165) is 4.90 Å². The monoisotopic (exact) mass is 497 g/mol. The Bertz CT molecular complexity index is 1140. The molecule has 33 heavy (non-hydrogen) atoms. The SMILES string of the molecule is O=C(NCCN1C(=O)S/C(=C\c2ccc(Cl)c([N+](=O)[O-])c2)C1=O)c1ccc(OC(F)F)cc1. The molecule has 1 aliphatic heterocycles. The lowest BCUT2D eigenvalue weighted by molar-refractivity contribution is -0.384. The maximum Gasteiger partial charge on any atom is 0.387 e. The minimum atomic E-state index is -2.98. The molecule has 2 aromatic rings. The lowest BCUT2D eigenvalue weighted by Gasteiger charge is -2.13. The third-order valence-corrected chi connectivity index (χ3v) is 5.53. The molecule has 0 atom stereocenters. The lowest BCUT2D eigenvalue weighted by Crippen LogP contribution is -2.37. The molecule has 3 rings (SSSR count). The molecule has 3 amide bonds. The highest BCUT2D eigenvalue weighted by Crippen LogP contribution is 2.33. The van der Waals surface area contributed by atoms with Crippen molar-refractivity contribution in [1.82, 2.24) is 10.2 Å². The van der Waals surface area contributed by atoms with Gasteiger partial charge < -0.3 is 10.1 Å². The van der Waals surface area contributed by atoms with Crippen LogP contribution < -0.4 is 10.1 Å². The molecule has 9 nitrogen and oxygen atoms in total. The van der Waals surface area contributed by atoms with E-state index in [1.54, 1.807) is 0 Å². The molecule has 1 heterocycles. The van der Waals surface area contributed by atoms with E-state index in [-0.39, 0.29) is 40.0 Å². The van der Waals surface area contributed by atoms with Gasteiger partial charge in [0.05, 0.1) is 9.83 Å². The molecule has 0 aromatic heterocycles. The molecule has 1 N–H and O–H groups in total. The Labute approximate surface area is 194 Å². The molecule has 0 bridgehead atoms. The van der Waals surface area contributed by atoms with Crippen molar-refractivity contribution < 1.29 is 32.8 Å². The second kappa shape index (κ2) is 10.4. The fraction of sp³-hybridized carbons (Fsp3) is 0.150. The first-order valence-corrected chi connectivity index (χ1v) is 10.4. The first-order chi connectivity index (χ1) is 15.7. The van der Waals surface area contributed by atoms with Gasteiger partial charge >= 0.3 is 6.61 Å². The number of alkyl halides is 2. The number of ether oxygens (including phenoxy) is 1. The van der Waals surface area contributed by atoms with E-state index in [0.29, 0.717) is 17.3 Å². The van der Waals surface area contributed by atoms with Gasteiger partial charge in [0.15, 0.2) is 0 Å². The first-order valence-electron chi connectivity index (χ1n) is 9.18. The third-order valence-electron chi connectivity index (χ3n) is 4.30. The van der Waals surface area contributed by atoms with Crippen LogP contribution in [0.5, 0.6) is 5.75 Å². The van der Waals surface area contributed by atoms with Crippen LogP contribution in [0, 0.1) is 10.1 Å². The standard InChI is InChI=1S/C20H14ClF2N3O6S/c21-14-6-1-11(9-15(14)26(30)31)10-16-18(28)25(20(29)33-16)8-7-24-17(27)12-2-4-13(5-3-12)32-19(22)23/h1-6,9-10,19H,7-8H2,(H,24,27)/b16-10-. The fourth-order valence-corrected chi connectivity index (χ4v) is 3.83. The minimum absolute atomic E-state index is 0.0497. The van der Waals surface area contributed by atoms with E-state index in [1.807, 2.05) is 0 Å². The van der Waals surface area contributed by atoms with Gasteiger partial charge in [0.1, 0.15) is 10.8 Å². The molecule has 13 heteroatoms. The number of thioether (sulfide) groups is 1. The summed E-state index contributed by atoms with van der Waals surface area (Å²) in [5.41, 5.74) is 0.167. The summed E-state index contributed by atoms with van der Waals surface area (Å²) in [7, 11) is 0. The van der Waals surface area contributed by atoms with Crippen molar-refractivity contribution in [3.8, 4) is 5.75 Å². The molecule has 1 fully saturated rings. The van der Waals surface area contributed by atoms with Crippen LogP contribution in [0.3, 0.4) is 0 Å². The van der Waals surface area contributed by atoms with Crippen LogP contribution in [-0.2, 0) is 4.79 Å². The summed E-state index contributed by atoms with van der Waals surface area (Å²) in [6, 6.07) is 8.99. The minimum Gasteiger partial charge on any atom is -0.435 e. The number of carbonyl (C=O) groups is 3. The van der Waals surface area contributed by atoms with Crippen molar-refractivity contribution in [1.29, 1.82) is 0 Å². The van der Waals surface area contributed by atoms with Gasteiger partial charge in [-0.25, -0.2) is 0 Å². The first kappa shape index (κ1) is 24.1. The Kier molecular flexibility index (Phi) is 7.61. The van der Waals surface area contributed by atoms with Crippen LogP contribution in [0.4, 0.5) is 19.3 Å². The van der Waals surface area contributed by atoms with E-state index in [9.17, 15) is 33.3 Å². The number of rotatable bonds is 8. The number of nitrogens with zero attached hydrogens (tertiary/aromatic N) is 2. The van der Waals surface area contributed by atoms with Crippen LogP contribution in [0.25, 0.3) is 6.08 Å². The number of halogens is 3. The van der Waals surface area contributed by atoms with E-state index in [4.69, 9.17) is 11.6 Å². The summed E-state index contributed by atoms with van der Waals surface area (Å²) in [6.45, 7) is -3.14. The summed E-state index contributed by atoms with van der Waals surface area (Å²) in [4.78, 5) is 48.3. The number of imide groups is 1. The van der Waals surface area contributed by atoms with Gasteiger partial charge in [-0.2, -0.15) is 8.78 Å². The normalized spacial score (nSPS) is 14.8. The average Bonchev–Trinajstić information content (AvgIpc) is 3.02. The summed E-state index contributed by atoms with van der Waals surface area (Å²) in [5, 5.41) is 12.9. The molecule has 0 aliphatic carbocycles. The Morgan fingerprint density at radius 2 is 1.94 bits per heavy atom. The molecule has 2 aromatic carbocycles. The highest BCUT2D eigenvalue weighted by molar-refractivity contribution is 8.18. The number of hydrogen-bond acceptors (Lipinski definition) is 7. The van der Waals surface area contributed by atoms with Gasteiger partial charge in [0, 0.05) is 24.7 Å². The van der Waals surface area contributed by atoms with Crippen LogP contribution in [0.1, 0.15) is 15.9 Å². The molecule has 0 saturated carbocycles. The molecule has 0 spiro atoms. The second-order valence-electron chi connectivity index (χ2n) is 6.46. The van der Waals surface area contributed by atoms with Crippen LogP contribution in [-0.4, -0.2) is 46.6 Å². The smallest absolute Gasteiger partial charge is 0.387 e. The topological polar surface area (TPSA) is 119 Å². The number of amides is 3. The van der Waals surface area contributed by atoms with Crippen molar-refractivity contribution in [2.75, 3.05) is 13.1 Å². The number of nitrogens with one attached hydrogen (secondary N) is 1. The molecule has 1 aliphatic rings. The second-order valence-corrected chi connectivity index (χ2v) is 7.86. The Morgan fingerprint density at radius 1 is 1.24 bits per heavy atom. The maximum absolute atomic E-state index is 12.5. The van der Waals surface area contributed by atoms with E-state index in [2.05, 4.69) is 10.1 Å². The summed E-state index contributed by atoms with van der Waals surface area (Å²) < 4.78 is 28.6. The van der Waals surface area contributed by atoms with Gasteiger partial charge in [-0.1, -0.05) is 17.7 Å². The lowest BCUT2D eigenvalue weighted by atomic mass is 10.2. The summed E-state index contributed by atoms with van der Waals surface area (Å²) >= 11 is 6.43. The van der Waals surface area contributed by atoms with E-state index >= 15 is 0 Å². The van der Waals surface area contributed by atoms with Gasteiger partial charge in [-0.05, 0) is 53.7 Å². The molecule has 0 unspecified atom stereocenters. The molecular formula is C20H14ClF2N3O6S. The summed E-state index contributed by atoms with van der Waals surface area (Å²) in [6.07, 6.45) is 1.34. The third kappa shape index (κ3) is 6.05. The van der Waals surface area contributed by atoms with Crippen molar-refractivity contribution in [2.24, 2.45) is 0 Å². The van der Waals surface area contributed by atoms with Gasteiger partial charge in [-0.15, -0.1) is 0 Å². The Morgan fingerprint density at radius 3 is 2.58 bits per heavy atom. The molecular weight excluding hydrogens is 484 g/mol. The molecule has 1 saturated heterocycles. The largest absolute Gasteiger partial charge is 0.435 e. The number of hydrogen-bond donors (Lipinski definition) is 1. The van der Waals surface area contributed by atoms with E-state index < -0.39 is 28.6 Å². The number of nitro benzene ring substituents is 1. The highest BCUT2D eigenvalue weighted by atomic mass is 35.5. The van der Waals surface area contributed by atoms with Crippen molar-refractivity contribution >= 4 is 52.2 Å². The van der Waals surface area contributed by atoms with Gasteiger partial charge in [0.2, 0.25) is 0 Å². The molecule has 172 valence electrons. The highest BCUT2D eigenvalue weighted by Gasteiger charge is 2.34. The quantitative estimate of drug-likeness (QED) is 0.328. The van der Waals surface area contributed by atoms with Crippen molar-refractivity contribution in [3.63, 3.8) is 0 Å². The zero-order valence-electron chi connectivity index (χ0n) is 16.5. The van der Waals surface area contributed by atoms with Gasteiger partial charge in [0.25, 0.3) is 22.7 Å². The zero-order chi connectivity index (χ0) is 24.1. The number of benzene rings is 2. The summed E-state index contributed by atoms with van der Waals surface area (Å²) in [5.74, 6) is -1.24. The van der Waals surface area contributed by atoms with Crippen LogP contribution >= 0.6 is 23.4 Å². The number of carbonyl (C=O) groups excluding carboxylic acids is 3. The Balaban J connectivity index is 1.59. The van der Waals surface area contributed by atoms with Crippen molar-refractivity contribution in [3.05, 3.63) is 73.6 Å². The van der Waals surface area contributed by atoms with Gasteiger partial charge in [-0.3, -0.25) is 29.4 Å². The van der Waals surface area contributed by atoms with E-state index in [1.165, 1.54) is 48.5 Å². The van der Waals surface area contributed by atoms with Crippen LogP contribution in [0.2, 0.25) is 5.02 Å². The zero-order valence-corrected chi connectivity index (χ0v) is 18.1. The molecule has 0 radical (unpaired) electrons. The fourth-order valence-electron chi connectivity index (χ4n) is 2.77. The average molecular weight is 498 g/mol. The maximum atomic E-state index is 12.5. The Hall–Kier alpha value is -3.51. The number of nitro groups is 1. The predicted octanol–water partition coefficient (Wildman–Crippen LogP) is 4.32.